The maximum Gasteiger partial charge on any atom is 0.253 e. The number of aromatic nitrogens is 1. The van der Waals surface area contributed by atoms with Crippen molar-refractivity contribution in [1.82, 2.24) is 14.8 Å². The van der Waals surface area contributed by atoms with Crippen LogP contribution in [0.1, 0.15) is 23.2 Å². The molecule has 8 heteroatoms. The summed E-state index contributed by atoms with van der Waals surface area (Å²) in [5, 5.41) is 0. The van der Waals surface area contributed by atoms with Crippen LogP contribution in [0, 0.1) is 0 Å². The lowest BCUT2D eigenvalue weighted by Crippen LogP contribution is -2.52. The predicted molar refractivity (Wildman–Crippen MR) is 124 cm³/mol. The molecule has 0 radical (unpaired) electrons. The van der Waals surface area contributed by atoms with Gasteiger partial charge in [0.1, 0.15) is 11.9 Å². The number of morpholine rings is 1. The zero-order valence-corrected chi connectivity index (χ0v) is 18.8. The molecule has 1 aromatic carbocycles. The van der Waals surface area contributed by atoms with Crippen LogP contribution < -0.4 is 4.90 Å². The molecule has 0 N–H and O–H groups in total. The standard InChI is InChI=1S/C25H30N4O4/c30-24(28-9-11-29(12-10-28)25(31)22-2-1-15-33-22)20-5-3-19(4-6-20)21-7-8-23(26-18-21)27-13-16-32-17-14-27/h3-8,18,22H,1-2,9-17H2/t22-/m0/s1. The van der Waals surface area contributed by atoms with E-state index in [1.165, 1.54) is 0 Å². The second kappa shape index (κ2) is 9.89. The number of carbonyl (C=O) groups is 2. The van der Waals surface area contributed by atoms with Crippen LogP contribution in [0.3, 0.4) is 0 Å². The fraction of sp³-hybridized carbons (Fsp3) is 0.480. The van der Waals surface area contributed by atoms with E-state index in [2.05, 4.69) is 16.0 Å². The largest absolute Gasteiger partial charge is 0.378 e. The van der Waals surface area contributed by atoms with Gasteiger partial charge in [-0.15, -0.1) is 0 Å². The summed E-state index contributed by atoms with van der Waals surface area (Å²) in [5.41, 5.74) is 2.71. The molecule has 0 spiro atoms. The maximum atomic E-state index is 13.0. The van der Waals surface area contributed by atoms with Gasteiger partial charge in [0.05, 0.1) is 13.2 Å². The summed E-state index contributed by atoms with van der Waals surface area (Å²) in [6.07, 6.45) is 3.33. The number of hydrogen-bond donors (Lipinski definition) is 0. The topological polar surface area (TPSA) is 75.2 Å². The van der Waals surface area contributed by atoms with Gasteiger partial charge in [-0.1, -0.05) is 12.1 Å². The van der Waals surface area contributed by atoms with Crippen LogP contribution >= 0.6 is 0 Å². The van der Waals surface area contributed by atoms with Crippen LogP contribution in [0.15, 0.2) is 42.6 Å². The molecule has 33 heavy (non-hydrogen) atoms. The van der Waals surface area contributed by atoms with Gasteiger partial charge in [0.15, 0.2) is 0 Å². The summed E-state index contributed by atoms with van der Waals surface area (Å²) >= 11 is 0. The molecule has 5 rings (SSSR count). The lowest BCUT2D eigenvalue weighted by molar-refractivity contribution is -0.142. The average molecular weight is 451 g/mol. The van der Waals surface area contributed by atoms with E-state index in [1.54, 1.807) is 0 Å². The third-order valence-electron chi connectivity index (χ3n) is 6.63. The first-order valence-electron chi connectivity index (χ1n) is 11.8. The highest BCUT2D eigenvalue weighted by Gasteiger charge is 2.31. The van der Waals surface area contributed by atoms with Crippen LogP contribution in [0.25, 0.3) is 11.1 Å². The molecule has 8 nitrogen and oxygen atoms in total. The van der Waals surface area contributed by atoms with Crippen LogP contribution in [0.5, 0.6) is 0 Å². The Morgan fingerprint density at radius 1 is 0.818 bits per heavy atom. The third kappa shape index (κ3) is 4.86. The molecule has 2 amide bonds. The molecule has 3 fully saturated rings. The normalized spacial score (nSPS) is 21.3. The van der Waals surface area contributed by atoms with E-state index in [4.69, 9.17) is 9.47 Å². The number of nitrogens with zero attached hydrogens (tertiary/aromatic N) is 4. The molecule has 1 atom stereocenters. The van der Waals surface area contributed by atoms with Gasteiger partial charge in [0, 0.05) is 63.2 Å². The Labute approximate surface area is 194 Å². The van der Waals surface area contributed by atoms with Gasteiger partial charge in [-0.2, -0.15) is 0 Å². The number of rotatable bonds is 4. The molecule has 0 unspecified atom stereocenters. The van der Waals surface area contributed by atoms with E-state index in [0.717, 1.165) is 56.1 Å². The number of benzene rings is 1. The van der Waals surface area contributed by atoms with Crippen molar-refractivity contribution in [2.75, 3.05) is 64.0 Å². The van der Waals surface area contributed by atoms with Crippen molar-refractivity contribution in [3.05, 3.63) is 48.2 Å². The Balaban J connectivity index is 1.17. The quantitative estimate of drug-likeness (QED) is 0.710. The second-order valence-electron chi connectivity index (χ2n) is 8.70. The lowest BCUT2D eigenvalue weighted by atomic mass is 10.0. The first-order chi connectivity index (χ1) is 16.2. The zero-order chi connectivity index (χ0) is 22.6. The molecule has 3 aliphatic heterocycles. The van der Waals surface area contributed by atoms with Gasteiger partial charge in [-0.05, 0) is 42.7 Å². The summed E-state index contributed by atoms with van der Waals surface area (Å²) in [6, 6.07) is 11.8. The number of carbonyl (C=O) groups excluding carboxylic acids is 2. The Bertz CT molecular complexity index is 959. The molecule has 2 aromatic rings. The second-order valence-corrected chi connectivity index (χ2v) is 8.70. The monoisotopic (exact) mass is 450 g/mol. The first-order valence-corrected chi connectivity index (χ1v) is 11.8. The minimum atomic E-state index is -0.294. The third-order valence-corrected chi connectivity index (χ3v) is 6.63. The Morgan fingerprint density at radius 2 is 1.52 bits per heavy atom. The Morgan fingerprint density at radius 3 is 2.15 bits per heavy atom. The van der Waals surface area contributed by atoms with E-state index in [0.29, 0.717) is 38.3 Å². The fourth-order valence-corrected chi connectivity index (χ4v) is 4.63. The maximum absolute atomic E-state index is 13.0. The van der Waals surface area contributed by atoms with Crippen molar-refractivity contribution in [3.63, 3.8) is 0 Å². The average Bonchev–Trinajstić information content (AvgIpc) is 3.44. The lowest BCUT2D eigenvalue weighted by Gasteiger charge is -2.35. The van der Waals surface area contributed by atoms with Crippen molar-refractivity contribution in [2.24, 2.45) is 0 Å². The molecule has 3 aliphatic rings. The Hall–Kier alpha value is -2.97. The Kier molecular flexibility index (Phi) is 6.55. The van der Waals surface area contributed by atoms with Crippen LogP contribution in [0.2, 0.25) is 0 Å². The molecular weight excluding hydrogens is 420 g/mol. The van der Waals surface area contributed by atoms with E-state index in [-0.39, 0.29) is 17.9 Å². The van der Waals surface area contributed by atoms with E-state index >= 15 is 0 Å². The SMILES string of the molecule is O=C(c1ccc(-c2ccc(N3CCOCC3)nc2)cc1)N1CCN(C(=O)[C@@H]2CCCO2)CC1. The molecular formula is C25H30N4O4. The summed E-state index contributed by atoms with van der Waals surface area (Å²) in [5.74, 6) is 1.04. The number of piperazine rings is 1. The fourth-order valence-electron chi connectivity index (χ4n) is 4.63. The van der Waals surface area contributed by atoms with Gasteiger partial charge < -0.3 is 24.2 Å². The van der Waals surface area contributed by atoms with Gasteiger partial charge in [0.2, 0.25) is 0 Å². The number of ether oxygens (including phenoxy) is 2. The van der Waals surface area contributed by atoms with Gasteiger partial charge in [0.25, 0.3) is 11.8 Å². The van der Waals surface area contributed by atoms with Crippen molar-refractivity contribution in [2.45, 2.75) is 18.9 Å². The molecule has 1 aromatic heterocycles. The minimum Gasteiger partial charge on any atom is -0.378 e. The van der Waals surface area contributed by atoms with E-state index in [1.807, 2.05) is 46.3 Å². The van der Waals surface area contributed by atoms with Crippen molar-refractivity contribution in [3.8, 4) is 11.1 Å². The summed E-state index contributed by atoms with van der Waals surface area (Å²) in [6.45, 7) is 6.07. The van der Waals surface area contributed by atoms with E-state index < -0.39 is 0 Å². The molecule has 3 saturated heterocycles. The van der Waals surface area contributed by atoms with Gasteiger partial charge in [-0.3, -0.25) is 9.59 Å². The van der Waals surface area contributed by atoms with Crippen LogP contribution in [0.4, 0.5) is 5.82 Å². The van der Waals surface area contributed by atoms with Gasteiger partial charge in [-0.25, -0.2) is 4.98 Å². The minimum absolute atomic E-state index is 0.00607. The highest BCUT2D eigenvalue weighted by atomic mass is 16.5. The van der Waals surface area contributed by atoms with Crippen molar-refractivity contribution >= 4 is 17.6 Å². The van der Waals surface area contributed by atoms with Crippen molar-refractivity contribution < 1.29 is 19.1 Å². The molecule has 0 saturated carbocycles. The number of pyridine rings is 1. The first kappa shape index (κ1) is 21.9. The number of amides is 2. The smallest absolute Gasteiger partial charge is 0.253 e. The molecule has 4 heterocycles. The number of anilines is 1. The highest BCUT2D eigenvalue weighted by Crippen LogP contribution is 2.23. The molecule has 174 valence electrons. The molecule has 0 aliphatic carbocycles. The van der Waals surface area contributed by atoms with Crippen LogP contribution in [-0.4, -0.2) is 91.8 Å². The summed E-state index contributed by atoms with van der Waals surface area (Å²) < 4.78 is 10.9. The van der Waals surface area contributed by atoms with Crippen molar-refractivity contribution in [1.29, 1.82) is 0 Å². The van der Waals surface area contributed by atoms with Crippen LogP contribution in [-0.2, 0) is 14.3 Å². The molecule has 0 bridgehead atoms. The summed E-state index contributed by atoms with van der Waals surface area (Å²) in [4.78, 5) is 36.0. The highest BCUT2D eigenvalue weighted by molar-refractivity contribution is 5.95. The van der Waals surface area contributed by atoms with Gasteiger partial charge >= 0.3 is 0 Å². The predicted octanol–water partition coefficient (Wildman–Crippen LogP) is 2.05. The summed E-state index contributed by atoms with van der Waals surface area (Å²) in [7, 11) is 0. The zero-order valence-electron chi connectivity index (χ0n) is 18.8. The van der Waals surface area contributed by atoms with E-state index in [9.17, 15) is 9.59 Å². The number of hydrogen-bond acceptors (Lipinski definition) is 6.